The molecular weight excluding hydrogens is 382 g/mol. The third-order valence-electron chi connectivity index (χ3n) is 7.26. The lowest BCUT2D eigenvalue weighted by atomic mass is 9.75. The van der Waals surface area contributed by atoms with Crippen LogP contribution in [0.2, 0.25) is 0 Å². The molecule has 1 atom stereocenters. The van der Waals surface area contributed by atoms with Gasteiger partial charge in [0.1, 0.15) is 5.82 Å². The number of hydrogen-bond acceptors (Lipinski definition) is 5. The summed E-state index contributed by atoms with van der Waals surface area (Å²) < 4.78 is 0. The highest BCUT2D eigenvalue weighted by atomic mass is 15.2. The second-order valence-electron chi connectivity index (χ2n) is 9.54. The molecule has 1 aliphatic carbocycles. The lowest BCUT2D eigenvalue weighted by Crippen LogP contribution is -2.43. The van der Waals surface area contributed by atoms with E-state index in [0.717, 1.165) is 50.6 Å². The van der Waals surface area contributed by atoms with Crippen molar-refractivity contribution >= 4 is 17.6 Å². The number of aromatic nitrogens is 1. The predicted octanol–water partition coefficient (Wildman–Crippen LogP) is 4.40. The van der Waals surface area contributed by atoms with Gasteiger partial charge in [0.2, 0.25) is 0 Å². The van der Waals surface area contributed by atoms with Crippen molar-refractivity contribution in [2.24, 2.45) is 11.8 Å². The average Bonchev–Trinajstić information content (AvgIpc) is 2.79. The number of hydrogen-bond donors (Lipinski definition) is 1. The average molecular weight is 424 g/mol. The molecule has 3 heterocycles. The van der Waals surface area contributed by atoms with Crippen LogP contribution in [0.5, 0.6) is 0 Å². The van der Waals surface area contributed by atoms with Gasteiger partial charge < -0.3 is 20.0 Å². The molecule has 170 valence electrons. The summed E-state index contributed by atoms with van der Waals surface area (Å²) >= 11 is 0. The number of nitrogens with zero attached hydrogens (tertiary/aromatic N) is 4. The van der Waals surface area contributed by atoms with E-state index in [-0.39, 0.29) is 1.43 Å². The second kappa shape index (κ2) is 9.47. The molecular formula is C26H41N5. The van der Waals surface area contributed by atoms with Crippen LogP contribution in [0.1, 0.15) is 40.1 Å². The Bertz CT molecular complexity index is 861. The van der Waals surface area contributed by atoms with E-state index >= 15 is 0 Å². The maximum Gasteiger partial charge on any atom is 0.137 e. The minimum Gasteiger partial charge on any atom is -0.372 e. The molecule has 0 radical (unpaired) electrons. The van der Waals surface area contributed by atoms with Gasteiger partial charge in [-0.3, -0.25) is 0 Å². The van der Waals surface area contributed by atoms with Gasteiger partial charge >= 0.3 is 0 Å². The molecule has 0 spiro atoms. The first kappa shape index (κ1) is 21.9. The molecule has 0 aromatic carbocycles. The number of rotatable bonds is 5. The number of piperidine rings is 1. The van der Waals surface area contributed by atoms with Gasteiger partial charge in [-0.2, -0.15) is 0 Å². The van der Waals surface area contributed by atoms with Crippen molar-refractivity contribution < 1.29 is 1.43 Å². The van der Waals surface area contributed by atoms with Gasteiger partial charge in [0.05, 0.1) is 0 Å². The first-order valence-electron chi connectivity index (χ1n) is 11.9. The van der Waals surface area contributed by atoms with Crippen LogP contribution >= 0.6 is 0 Å². The maximum absolute atomic E-state index is 4.56. The zero-order valence-corrected chi connectivity index (χ0v) is 19.8. The summed E-state index contributed by atoms with van der Waals surface area (Å²) in [5, 5.41) is 3.47. The van der Waals surface area contributed by atoms with Gasteiger partial charge in [-0.05, 0) is 55.7 Å². The van der Waals surface area contributed by atoms with Crippen LogP contribution in [0.4, 0.5) is 11.5 Å². The van der Waals surface area contributed by atoms with Crippen LogP contribution in [0.15, 0.2) is 41.8 Å². The Labute approximate surface area is 190 Å². The number of piperazine rings is 1. The highest BCUT2D eigenvalue weighted by Gasteiger charge is 2.30. The van der Waals surface area contributed by atoms with E-state index in [1.54, 1.807) is 11.3 Å². The van der Waals surface area contributed by atoms with Crippen molar-refractivity contribution in [2.45, 2.75) is 33.1 Å². The second-order valence-corrected chi connectivity index (χ2v) is 9.54. The summed E-state index contributed by atoms with van der Waals surface area (Å²) in [6, 6.07) is 2.15. The molecule has 1 aromatic heterocycles. The number of anilines is 2. The monoisotopic (exact) mass is 423 g/mol. The SMILES string of the molecule is C=Cc1c(N2CCC(C3=C(C)C=C(N4CCNCC4)CC3C)CC2)ccnc1N(C)C.[HH]. The van der Waals surface area contributed by atoms with Crippen molar-refractivity contribution in [1.82, 2.24) is 15.2 Å². The third kappa shape index (κ3) is 4.52. The fourth-order valence-corrected chi connectivity index (χ4v) is 5.81. The molecule has 2 fully saturated rings. The molecule has 0 saturated carbocycles. The first-order valence-corrected chi connectivity index (χ1v) is 11.9. The molecule has 1 unspecified atom stereocenters. The van der Waals surface area contributed by atoms with Gasteiger partial charge in [-0.15, -0.1) is 0 Å². The highest BCUT2D eigenvalue weighted by Crippen LogP contribution is 2.40. The van der Waals surface area contributed by atoms with E-state index in [2.05, 4.69) is 57.6 Å². The molecule has 31 heavy (non-hydrogen) atoms. The van der Waals surface area contributed by atoms with E-state index in [1.165, 1.54) is 30.5 Å². The third-order valence-corrected chi connectivity index (χ3v) is 7.26. The number of nitrogens with one attached hydrogen (secondary N) is 1. The Morgan fingerprint density at radius 1 is 1.16 bits per heavy atom. The Kier molecular flexibility index (Phi) is 6.71. The summed E-state index contributed by atoms with van der Waals surface area (Å²) in [5.74, 6) is 2.35. The summed E-state index contributed by atoms with van der Waals surface area (Å²) in [6.07, 6.45) is 10.0. The van der Waals surface area contributed by atoms with Gasteiger partial charge in [0, 0.05) is 77.9 Å². The Balaban J connectivity index is 0.00000289. The molecule has 5 nitrogen and oxygen atoms in total. The molecule has 0 bridgehead atoms. The number of allylic oxidation sites excluding steroid dienone is 4. The summed E-state index contributed by atoms with van der Waals surface area (Å²) in [5.41, 5.74) is 7.21. The fourth-order valence-electron chi connectivity index (χ4n) is 5.81. The molecule has 2 saturated heterocycles. The van der Waals surface area contributed by atoms with Gasteiger partial charge in [-0.1, -0.05) is 25.2 Å². The van der Waals surface area contributed by atoms with E-state index < -0.39 is 0 Å². The largest absolute Gasteiger partial charge is 0.372 e. The summed E-state index contributed by atoms with van der Waals surface area (Å²) in [6.45, 7) is 15.6. The normalized spacial score (nSPS) is 23.1. The van der Waals surface area contributed by atoms with Gasteiger partial charge in [0.25, 0.3) is 0 Å². The topological polar surface area (TPSA) is 34.6 Å². The van der Waals surface area contributed by atoms with Gasteiger partial charge in [0.15, 0.2) is 0 Å². The molecule has 1 N–H and O–H groups in total. The first-order chi connectivity index (χ1) is 15.0. The van der Waals surface area contributed by atoms with Crippen molar-refractivity contribution in [2.75, 3.05) is 63.2 Å². The van der Waals surface area contributed by atoms with E-state index in [0.29, 0.717) is 11.8 Å². The van der Waals surface area contributed by atoms with Crippen molar-refractivity contribution in [3.63, 3.8) is 0 Å². The molecule has 2 aliphatic heterocycles. The van der Waals surface area contributed by atoms with Crippen LogP contribution in [-0.4, -0.2) is 63.2 Å². The molecule has 3 aliphatic rings. The standard InChI is InChI=1S/C26H39N5.H2/c1-6-23-24(7-10-28-26(23)29(4)5)31-13-8-21(9-14-31)25-19(2)17-22(18-20(25)3)30-15-11-27-12-16-30;/h6-7,10,17,20-21,27H,1,8-9,11-16,18H2,2-5H3;1H. The summed E-state index contributed by atoms with van der Waals surface area (Å²) in [4.78, 5) is 11.8. The molecule has 5 heteroatoms. The smallest absolute Gasteiger partial charge is 0.137 e. The van der Waals surface area contributed by atoms with Crippen LogP contribution < -0.4 is 15.1 Å². The minimum absolute atomic E-state index is 0. The van der Waals surface area contributed by atoms with Crippen LogP contribution in [-0.2, 0) is 0 Å². The zero-order valence-electron chi connectivity index (χ0n) is 19.8. The highest BCUT2D eigenvalue weighted by molar-refractivity contribution is 5.76. The Morgan fingerprint density at radius 2 is 1.87 bits per heavy atom. The van der Waals surface area contributed by atoms with Crippen molar-refractivity contribution in [3.8, 4) is 0 Å². The maximum atomic E-state index is 4.56. The van der Waals surface area contributed by atoms with Crippen molar-refractivity contribution in [3.05, 3.63) is 47.3 Å². The van der Waals surface area contributed by atoms with Crippen LogP contribution in [0, 0.1) is 11.8 Å². The van der Waals surface area contributed by atoms with Crippen LogP contribution in [0.3, 0.4) is 0 Å². The quantitative estimate of drug-likeness (QED) is 0.759. The molecule has 0 amide bonds. The predicted molar refractivity (Wildman–Crippen MR) is 135 cm³/mol. The lowest BCUT2D eigenvalue weighted by molar-refractivity contribution is 0.277. The van der Waals surface area contributed by atoms with Gasteiger partial charge in [-0.25, -0.2) is 4.98 Å². The van der Waals surface area contributed by atoms with Crippen LogP contribution in [0.25, 0.3) is 6.08 Å². The molecule has 4 rings (SSSR count). The Morgan fingerprint density at radius 3 is 2.48 bits per heavy atom. The zero-order chi connectivity index (χ0) is 22.0. The van der Waals surface area contributed by atoms with E-state index in [9.17, 15) is 0 Å². The minimum atomic E-state index is 0. The molecule has 1 aromatic rings. The number of pyridine rings is 1. The fraction of sp³-hybridized carbons (Fsp3) is 0.577. The Hall–Kier alpha value is -2.27. The van der Waals surface area contributed by atoms with E-state index in [1.807, 2.05) is 26.4 Å². The summed E-state index contributed by atoms with van der Waals surface area (Å²) in [7, 11) is 4.10. The van der Waals surface area contributed by atoms with Crippen molar-refractivity contribution in [1.29, 1.82) is 0 Å². The van der Waals surface area contributed by atoms with E-state index in [4.69, 9.17) is 0 Å². The lowest BCUT2D eigenvalue weighted by Gasteiger charge is -2.41.